The summed E-state index contributed by atoms with van der Waals surface area (Å²) in [5, 5.41) is -0.357. The summed E-state index contributed by atoms with van der Waals surface area (Å²) in [5.74, 6) is 0.812. The van der Waals surface area contributed by atoms with Crippen LogP contribution in [-0.2, 0) is 11.3 Å². The van der Waals surface area contributed by atoms with Crippen molar-refractivity contribution >= 4 is 29.3 Å². The van der Waals surface area contributed by atoms with E-state index in [2.05, 4.69) is 11.0 Å². The Balaban J connectivity index is 0.00000200. The number of piperidine rings is 1. The van der Waals surface area contributed by atoms with E-state index in [1.807, 2.05) is 18.2 Å². The van der Waals surface area contributed by atoms with Gasteiger partial charge >= 0.3 is 0 Å². The molecule has 3 nitrogen and oxygen atoms in total. The van der Waals surface area contributed by atoms with Gasteiger partial charge in [0, 0.05) is 6.54 Å². The Kier molecular flexibility index (Phi) is 7.97. The van der Waals surface area contributed by atoms with Crippen molar-refractivity contribution in [1.29, 1.82) is 0 Å². The summed E-state index contributed by atoms with van der Waals surface area (Å²) in [6.07, 6.45) is 4.20. The van der Waals surface area contributed by atoms with E-state index in [4.69, 9.17) is 16.3 Å². The molecule has 0 aromatic heterocycles. The first-order valence-corrected chi connectivity index (χ1v) is 7.24. The maximum absolute atomic E-state index is 10.6. The number of carbonyl (C=O) groups excluding carboxylic acids is 1. The van der Waals surface area contributed by atoms with Crippen LogP contribution in [0, 0.1) is 0 Å². The number of ether oxygens (including phenoxy) is 1. The lowest BCUT2D eigenvalue weighted by atomic mass is 10.1. The molecule has 0 saturated carbocycles. The average Bonchev–Trinajstić information content (AvgIpc) is 2.40. The monoisotopic (exact) mass is 317 g/mol. The van der Waals surface area contributed by atoms with Gasteiger partial charge in [-0.25, -0.2) is 0 Å². The van der Waals surface area contributed by atoms with Gasteiger partial charge in [-0.05, 0) is 55.2 Å². The fourth-order valence-electron chi connectivity index (χ4n) is 2.36. The summed E-state index contributed by atoms with van der Waals surface area (Å²) < 4.78 is 5.52. The Morgan fingerprint density at radius 2 is 2.00 bits per heavy atom. The smallest absolute Gasteiger partial charge is 0.225 e. The lowest BCUT2D eigenvalue weighted by Crippen LogP contribution is -2.29. The highest BCUT2D eigenvalue weighted by Crippen LogP contribution is 2.17. The summed E-state index contributed by atoms with van der Waals surface area (Å²) in [4.78, 5) is 13.1. The highest BCUT2D eigenvalue weighted by Gasteiger charge is 2.10. The van der Waals surface area contributed by atoms with Crippen LogP contribution in [0.4, 0.5) is 0 Å². The van der Waals surface area contributed by atoms with Crippen LogP contribution in [0.3, 0.4) is 0 Å². The van der Waals surface area contributed by atoms with Gasteiger partial charge in [-0.1, -0.05) is 18.6 Å². The van der Waals surface area contributed by atoms with Gasteiger partial charge in [0.25, 0.3) is 0 Å². The number of carbonyl (C=O) groups is 1. The second-order valence-electron chi connectivity index (χ2n) is 4.94. The lowest BCUT2D eigenvalue weighted by Gasteiger charge is -2.26. The molecule has 1 saturated heterocycles. The zero-order valence-corrected chi connectivity index (χ0v) is 13.1. The molecule has 0 bridgehead atoms. The summed E-state index contributed by atoms with van der Waals surface area (Å²) in [6.45, 7) is 3.69. The predicted octanol–water partition coefficient (Wildman–Crippen LogP) is 3.63. The maximum atomic E-state index is 10.6. The van der Waals surface area contributed by atoms with Gasteiger partial charge in [0.15, 0.2) is 0 Å². The van der Waals surface area contributed by atoms with Crippen LogP contribution in [0.15, 0.2) is 24.3 Å². The third kappa shape index (κ3) is 6.12. The molecule has 1 fully saturated rings. The van der Waals surface area contributed by atoms with Crippen molar-refractivity contribution in [2.75, 3.05) is 19.7 Å². The fourth-order valence-corrected chi connectivity index (χ4v) is 2.44. The van der Waals surface area contributed by atoms with Crippen molar-refractivity contribution < 1.29 is 9.53 Å². The number of hydrogen-bond donors (Lipinski definition) is 0. The molecule has 0 atom stereocenters. The van der Waals surface area contributed by atoms with E-state index in [-0.39, 0.29) is 24.1 Å². The third-order valence-corrected chi connectivity index (χ3v) is 3.51. The lowest BCUT2D eigenvalue weighted by molar-refractivity contribution is -0.112. The number of halogens is 2. The molecule has 2 rings (SSSR count). The Bertz CT molecular complexity index is 420. The molecule has 1 aromatic rings. The van der Waals surface area contributed by atoms with Crippen molar-refractivity contribution in [1.82, 2.24) is 4.90 Å². The molecule has 0 spiro atoms. The minimum absolute atomic E-state index is 0. The van der Waals surface area contributed by atoms with E-state index >= 15 is 0 Å². The zero-order valence-electron chi connectivity index (χ0n) is 11.5. The van der Waals surface area contributed by atoms with Gasteiger partial charge in [0.1, 0.15) is 5.75 Å². The fraction of sp³-hybridized carbons (Fsp3) is 0.533. The largest absolute Gasteiger partial charge is 0.493 e. The summed E-state index contributed by atoms with van der Waals surface area (Å²) in [7, 11) is 0. The van der Waals surface area contributed by atoms with Crippen molar-refractivity contribution in [3.05, 3.63) is 29.8 Å². The molecule has 112 valence electrons. The molecule has 0 radical (unpaired) electrons. The number of rotatable bonds is 6. The Labute approximate surface area is 131 Å². The molecule has 20 heavy (non-hydrogen) atoms. The minimum Gasteiger partial charge on any atom is -0.493 e. The molecule has 0 N–H and O–H groups in total. The molecule has 0 amide bonds. The Morgan fingerprint density at radius 1 is 1.25 bits per heavy atom. The average molecular weight is 318 g/mol. The Hall–Kier alpha value is -0.770. The van der Waals surface area contributed by atoms with Crippen molar-refractivity contribution in [2.45, 2.75) is 32.2 Å². The zero-order chi connectivity index (χ0) is 13.5. The highest BCUT2D eigenvalue weighted by molar-refractivity contribution is 6.63. The van der Waals surface area contributed by atoms with Crippen molar-refractivity contribution in [3.63, 3.8) is 0 Å². The van der Waals surface area contributed by atoms with Gasteiger partial charge < -0.3 is 4.74 Å². The van der Waals surface area contributed by atoms with Crippen molar-refractivity contribution in [2.24, 2.45) is 0 Å². The maximum Gasteiger partial charge on any atom is 0.225 e. The standard InChI is InChI=1S/C15H20ClNO2.ClH/c16-15(18)7-10-19-14-6-4-5-13(11-14)12-17-8-2-1-3-9-17;/h4-6,11H,1-3,7-10,12H2;1H. The van der Waals surface area contributed by atoms with Gasteiger partial charge in [0.05, 0.1) is 13.0 Å². The van der Waals surface area contributed by atoms with Crippen LogP contribution in [0.5, 0.6) is 5.75 Å². The number of hydrogen-bond acceptors (Lipinski definition) is 3. The van der Waals surface area contributed by atoms with Gasteiger partial charge in [-0.3, -0.25) is 9.69 Å². The van der Waals surface area contributed by atoms with Crippen LogP contribution in [0.1, 0.15) is 31.2 Å². The molecular formula is C15H21Cl2NO2. The van der Waals surface area contributed by atoms with Crippen LogP contribution in [-0.4, -0.2) is 29.8 Å². The minimum atomic E-state index is -0.357. The van der Waals surface area contributed by atoms with Gasteiger partial charge in [-0.2, -0.15) is 0 Å². The van der Waals surface area contributed by atoms with E-state index in [1.54, 1.807) is 0 Å². The van der Waals surface area contributed by atoms with Crippen LogP contribution in [0.2, 0.25) is 0 Å². The van der Waals surface area contributed by atoms with E-state index < -0.39 is 0 Å². The molecule has 1 aliphatic rings. The first kappa shape index (κ1) is 17.3. The van der Waals surface area contributed by atoms with Gasteiger partial charge in [-0.15, -0.1) is 12.4 Å². The summed E-state index contributed by atoms with van der Waals surface area (Å²) in [5.41, 5.74) is 1.26. The first-order chi connectivity index (χ1) is 9.24. The second-order valence-corrected chi connectivity index (χ2v) is 5.36. The van der Waals surface area contributed by atoms with E-state index in [0.717, 1.165) is 12.3 Å². The SMILES string of the molecule is Cl.O=C(Cl)CCOc1cccc(CN2CCCCC2)c1. The number of benzene rings is 1. The summed E-state index contributed by atoms with van der Waals surface area (Å²) in [6, 6.07) is 8.08. The molecule has 5 heteroatoms. The van der Waals surface area contributed by atoms with E-state index in [0.29, 0.717) is 6.61 Å². The first-order valence-electron chi connectivity index (χ1n) is 6.86. The normalized spacial score (nSPS) is 15.4. The van der Waals surface area contributed by atoms with Crippen molar-refractivity contribution in [3.8, 4) is 5.75 Å². The topological polar surface area (TPSA) is 29.5 Å². The molecular weight excluding hydrogens is 297 g/mol. The van der Waals surface area contributed by atoms with Crippen LogP contribution >= 0.6 is 24.0 Å². The summed E-state index contributed by atoms with van der Waals surface area (Å²) >= 11 is 5.28. The second kappa shape index (κ2) is 9.22. The highest BCUT2D eigenvalue weighted by atomic mass is 35.5. The van der Waals surface area contributed by atoms with E-state index in [1.165, 1.54) is 37.9 Å². The molecule has 0 aliphatic carbocycles. The number of likely N-dealkylation sites (tertiary alicyclic amines) is 1. The molecule has 0 unspecified atom stereocenters. The Morgan fingerprint density at radius 3 is 2.70 bits per heavy atom. The van der Waals surface area contributed by atoms with Crippen LogP contribution < -0.4 is 4.74 Å². The quantitative estimate of drug-likeness (QED) is 0.750. The number of nitrogens with zero attached hydrogens (tertiary/aromatic N) is 1. The van der Waals surface area contributed by atoms with Crippen LogP contribution in [0.25, 0.3) is 0 Å². The molecule has 1 heterocycles. The van der Waals surface area contributed by atoms with Gasteiger partial charge in [0.2, 0.25) is 5.24 Å². The van der Waals surface area contributed by atoms with E-state index in [9.17, 15) is 4.79 Å². The molecule has 1 aromatic carbocycles. The molecule has 1 aliphatic heterocycles. The third-order valence-electron chi connectivity index (χ3n) is 3.32. The predicted molar refractivity (Wildman–Crippen MR) is 83.8 cm³/mol.